The number of nitrogens with two attached hydrogens (primary N) is 2. The van der Waals surface area contributed by atoms with Crippen molar-refractivity contribution in [3.8, 4) is 0 Å². The summed E-state index contributed by atoms with van der Waals surface area (Å²) in [6, 6.07) is 6.41. The first kappa shape index (κ1) is 13.6. The second-order valence-electron chi connectivity index (χ2n) is 4.95. The van der Waals surface area contributed by atoms with Gasteiger partial charge in [0, 0.05) is 12.6 Å². The van der Waals surface area contributed by atoms with E-state index >= 15 is 0 Å². The van der Waals surface area contributed by atoms with Gasteiger partial charge in [-0.25, -0.2) is 0 Å². The van der Waals surface area contributed by atoms with Gasteiger partial charge in [0.2, 0.25) is 0 Å². The summed E-state index contributed by atoms with van der Waals surface area (Å²) < 4.78 is 1.65. The molecule has 102 valence electrons. The fraction of sp³-hybridized carbons (Fsp3) is 0.357. The van der Waals surface area contributed by atoms with Crippen LogP contribution < -0.4 is 17.0 Å². The van der Waals surface area contributed by atoms with Crippen LogP contribution in [0.1, 0.15) is 28.3 Å². The third-order valence-electron chi connectivity index (χ3n) is 3.60. The lowest BCUT2D eigenvalue weighted by Crippen LogP contribution is -2.30. The van der Waals surface area contributed by atoms with Crippen LogP contribution >= 0.6 is 0 Å². The Morgan fingerprint density at radius 3 is 2.58 bits per heavy atom. The third kappa shape index (κ3) is 2.77. The Morgan fingerprint density at radius 2 is 2.05 bits per heavy atom. The van der Waals surface area contributed by atoms with Crippen LogP contribution in [0, 0.1) is 13.8 Å². The van der Waals surface area contributed by atoms with E-state index in [1.807, 2.05) is 7.05 Å². The molecule has 5 nitrogen and oxygen atoms in total. The monoisotopic (exact) mass is 259 g/mol. The van der Waals surface area contributed by atoms with Crippen molar-refractivity contribution in [2.75, 3.05) is 5.73 Å². The van der Waals surface area contributed by atoms with Gasteiger partial charge in [-0.2, -0.15) is 5.10 Å². The molecule has 0 fully saturated rings. The van der Waals surface area contributed by atoms with E-state index in [4.69, 9.17) is 11.6 Å². The number of anilines is 1. The minimum absolute atomic E-state index is 0.0317. The summed E-state index contributed by atoms with van der Waals surface area (Å²) in [6.45, 7) is 4.22. The zero-order valence-corrected chi connectivity index (χ0v) is 11.6. The molecule has 1 atom stereocenters. The molecule has 0 saturated heterocycles. The maximum atomic E-state index is 5.99. The van der Waals surface area contributed by atoms with E-state index in [-0.39, 0.29) is 6.04 Å². The van der Waals surface area contributed by atoms with Crippen molar-refractivity contribution in [2.45, 2.75) is 26.3 Å². The summed E-state index contributed by atoms with van der Waals surface area (Å²) >= 11 is 0. The normalized spacial score (nSPS) is 12.6. The molecule has 0 saturated carbocycles. The Morgan fingerprint density at radius 1 is 1.32 bits per heavy atom. The van der Waals surface area contributed by atoms with Crippen molar-refractivity contribution in [3.63, 3.8) is 0 Å². The van der Waals surface area contributed by atoms with Crippen LogP contribution in [-0.4, -0.2) is 9.78 Å². The quantitative estimate of drug-likeness (QED) is 0.572. The maximum Gasteiger partial charge on any atom is 0.126 e. The first-order valence-corrected chi connectivity index (χ1v) is 6.32. The molecule has 5 heteroatoms. The Hall–Kier alpha value is -1.85. The van der Waals surface area contributed by atoms with Gasteiger partial charge in [-0.15, -0.1) is 0 Å². The van der Waals surface area contributed by atoms with Gasteiger partial charge >= 0.3 is 0 Å². The average Bonchev–Trinajstić information content (AvgIpc) is 2.72. The van der Waals surface area contributed by atoms with E-state index in [9.17, 15) is 0 Å². The fourth-order valence-corrected chi connectivity index (χ4v) is 2.16. The Kier molecular flexibility index (Phi) is 3.87. The summed E-state index contributed by atoms with van der Waals surface area (Å²) in [5.74, 6) is 6.30. The topological polar surface area (TPSA) is 81.9 Å². The number of nitrogen functional groups attached to an aromatic ring is 1. The molecular weight excluding hydrogens is 238 g/mol. The summed E-state index contributed by atoms with van der Waals surface area (Å²) in [4.78, 5) is 0. The molecule has 0 amide bonds. The van der Waals surface area contributed by atoms with Gasteiger partial charge in [0.05, 0.1) is 12.2 Å². The minimum Gasteiger partial charge on any atom is -0.384 e. The molecule has 1 unspecified atom stereocenters. The number of hydrogen-bond donors (Lipinski definition) is 3. The first-order chi connectivity index (χ1) is 9.02. The first-order valence-electron chi connectivity index (χ1n) is 6.32. The summed E-state index contributed by atoms with van der Waals surface area (Å²) in [5.41, 5.74) is 13.6. The van der Waals surface area contributed by atoms with Crippen LogP contribution in [0.15, 0.2) is 24.4 Å². The predicted molar refractivity (Wildman–Crippen MR) is 77.3 cm³/mol. The molecule has 1 aromatic carbocycles. The van der Waals surface area contributed by atoms with Crippen molar-refractivity contribution < 1.29 is 0 Å². The Balaban J connectivity index is 2.24. The number of aromatic nitrogens is 2. The lowest BCUT2D eigenvalue weighted by Gasteiger charge is -2.16. The van der Waals surface area contributed by atoms with E-state index in [0.717, 1.165) is 12.0 Å². The van der Waals surface area contributed by atoms with Crippen LogP contribution in [0.25, 0.3) is 0 Å². The molecule has 19 heavy (non-hydrogen) atoms. The number of nitrogens with zero attached hydrogens (tertiary/aromatic N) is 2. The summed E-state index contributed by atoms with van der Waals surface area (Å²) in [6.07, 6.45) is 2.55. The van der Waals surface area contributed by atoms with E-state index < -0.39 is 0 Å². The largest absolute Gasteiger partial charge is 0.384 e. The van der Waals surface area contributed by atoms with Crippen LogP contribution in [0.4, 0.5) is 5.82 Å². The molecule has 0 aliphatic rings. The highest BCUT2D eigenvalue weighted by Crippen LogP contribution is 2.23. The van der Waals surface area contributed by atoms with Crippen LogP contribution in [0.2, 0.25) is 0 Å². The van der Waals surface area contributed by atoms with Gasteiger partial charge in [0.25, 0.3) is 0 Å². The molecule has 5 N–H and O–H groups in total. The summed E-state index contributed by atoms with van der Waals surface area (Å²) in [5, 5.41) is 4.15. The lowest BCUT2D eigenvalue weighted by atomic mass is 9.98. The number of hydrazine groups is 1. The van der Waals surface area contributed by atoms with E-state index in [2.05, 4.69) is 42.6 Å². The fourth-order valence-electron chi connectivity index (χ4n) is 2.16. The summed E-state index contributed by atoms with van der Waals surface area (Å²) in [7, 11) is 1.82. The Bertz CT molecular complexity index is 573. The highest BCUT2D eigenvalue weighted by Gasteiger charge is 2.16. The number of rotatable bonds is 4. The molecule has 0 radical (unpaired) electrons. The van der Waals surface area contributed by atoms with Gasteiger partial charge < -0.3 is 5.73 Å². The van der Waals surface area contributed by atoms with E-state index in [1.165, 1.54) is 16.7 Å². The van der Waals surface area contributed by atoms with E-state index in [0.29, 0.717) is 5.82 Å². The average molecular weight is 259 g/mol. The molecule has 1 aromatic heterocycles. The molecule has 2 aromatic rings. The van der Waals surface area contributed by atoms with Crippen molar-refractivity contribution in [2.24, 2.45) is 12.9 Å². The van der Waals surface area contributed by atoms with Crippen LogP contribution in [0.5, 0.6) is 0 Å². The van der Waals surface area contributed by atoms with Crippen molar-refractivity contribution >= 4 is 5.82 Å². The molecule has 1 heterocycles. The zero-order chi connectivity index (χ0) is 14.0. The predicted octanol–water partition coefficient (Wildman–Crippen LogP) is 1.37. The second kappa shape index (κ2) is 5.42. The molecule has 2 rings (SSSR count). The smallest absolute Gasteiger partial charge is 0.126 e. The number of benzene rings is 1. The molecular formula is C14H21N5. The lowest BCUT2D eigenvalue weighted by molar-refractivity contribution is 0.553. The maximum absolute atomic E-state index is 5.99. The van der Waals surface area contributed by atoms with Gasteiger partial charge in [0.15, 0.2) is 0 Å². The van der Waals surface area contributed by atoms with Gasteiger partial charge in [0.1, 0.15) is 5.82 Å². The van der Waals surface area contributed by atoms with E-state index in [1.54, 1.807) is 10.9 Å². The molecule has 0 bridgehead atoms. The SMILES string of the molecule is Cc1ccc(CC(NN)c2cnn(C)c2N)cc1C. The van der Waals surface area contributed by atoms with Crippen molar-refractivity contribution in [1.82, 2.24) is 15.2 Å². The van der Waals surface area contributed by atoms with Crippen molar-refractivity contribution in [3.05, 3.63) is 46.6 Å². The molecule has 0 aliphatic carbocycles. The third-order valence-corrected chi connectivity index (χ3v) is 3.60. The second-order valence-corrected chi connectivity index (χ2v) is 4.95. The number of hydrogen-bond acceptors (Lipinski definition) is 4. The number of nitrogens with one attached hydrogen (secondary N) is 1. The highest BCUT2D eigenvalue weighted by molar-refractivity contribution is 5.42. The van der Waals surface area contributed by atoms with Gasteiger partial charge in [-0.05, 0) is 37.0 Å². The standard InChI is InChI=1S/C14H21N5/c1-9-4-5-11(6-10(9)2)7-13(18-16)12-8-17-19(3)14(12)15/h4-6,8,13,18H,7,15-16H2,1-3H3. The molecule has 0 spiro atoms. The van der Waals surface area contributed by atoms with Gasteiger partial charge in [-0.1, -0.05) is 18.2 Å². The van der Waals surface area contributed by atoms with Gasteiger partial charge in [-0.3, -0.25) is 16.0 Å². The highest BCUT2D eigenvalue weighted by atomic mass is 15.3. The van der Waals surface area contributed by atoms with Crippen molar-refractivity contribution in [1.29, 1.82) is 0 Å². The number of aryl methyl sites for hydroxylation is 3. The van der Waals surface area contributed by atoms with Crippen LogP contribution in [0.3, 0.4) is 0 Å². The zero-order valence-electron chi connectivity index (χ0n) is 11.6. The molecule has 0 aliphatic heterocycles. The Labute approximate surface area is 113 Å². The minimum atomic E-state index is -0.0317. The van der Waals surface area contributed by atoms with Crippen LogP contribution in [-0.2, 0) is 13.5 Å².